The molecule has 0 saturated carbocycles. The summed E-state index contributed by atoms with van der Waals surface area (Å²) in [5.74, 6) is 0.560. The lowest BCUT2D eigenvalue weighted by atomic mass is 9.93. The molecule has 0 aliphatic heterocycles. The Hall–Kier alpha value is -2.60. The molecule has 29 heavy (non-hydrogen) atoms. The van der Waals surface area contributed by atoms with E-state index in [1.807, 2.05) is 24.3 Å². The van der Waals surface area contributed by atoms with Gasteiger partial charge < -0.3 is 20.4 Å². The Morgan fingerprint density at radius 1 is 1.10 bits per heavy atom. The van der Waals surface area contributed by atoms with E-state index in [1.165, 1.54) is 19.3 Å². The van der Waals surface area contributed by atoms with Crippen LogP contribution < -0.4 is 15.4 Å². The van der Waals surface area contributed by atoms with Crippen molar-refractivity contribution in [2.75, 3.05) is 25.0 Å². The van der Waals surface area contributed by atoms with Crippen LogP contribution in [0.2, 0.25) is 0 Å². The second-order valence-corrected chi connectivity index (χ2v) is 7.47. The summed E-state index contributed by atoms with van der Waals surface area (Å²) in [4.78, 5) is 27.8. The Morgan fingerprint density at radius 3 is 2.69 bits per heavy atom. The number of aromatic nitrogens is 1. The topological polar surface area (TPSA) is 83.2 Å². The zero-order valence-electron chi connectivity index (χ0n) is 17.2. The first-order valence-electron chi connectivity index (χ1n) is 10.7. The second-order valence-electron chi connectivity index (χ2n) is 7.47. The van der Waals surface area contributed by atoms with Gasteiger partial charge in [0.15, 0.2) is 5.78 Å². The third-order valence-corrected chi connectivity index (χ3v) is 5.15. The number of aryl methyl sites for hydroxylation is 1. The number of rotatable bonds is 11. The maximum Gasteiger partial charge on any atom is 0.257 e. The van der Waals surface area contributed by atoms with Crippen molar-refractivity contribution >= 4 is 17.4 Å². The number of anilines is 1. The number of carbonyl (C=O) groups is 2. The zero-order chi connectivity index (χ0) is 20.5. The number of Topliss-reactive ketones (excluding diaryl/α,β-unsaturated/α-hetero) is 1. The summed E-state index contributed by atoms with van der Waals surface area (Å²) in [5, 5.41) is 6.29. The van der Waals surface area contributed by atoms with Crippen LogP contribution in [0.3, 0.4) is 0 Å². The molecule has 6 heteroatoms. The van der Waals surface area contributed by atoms with Gasteiger partial charge in [-0.2, -0.15) is 0 Å². The molecular formula is C23H31N3O3. The van der Waals surface area contributed by atoms with E-state index in [2.05, 4.69) is 22.5 Å². The number of nitrogens with one attached hydrogen (secondary N) is 3. The highest BCUT2D eigenvalue weighted by atomic mass is 16.5. The lowest BCUT2D eigenvalue weighted by Crippen LogP contribution is -2.18. The van der Waals surface area contributed by atoms with E-state index in [-0.39, 0.29) is 11.7 Å². The molecule has 1 heterocycles. The minimum Gasteiger partial charge on any atom is -0.494 e. The molecular weight excluding hydrogens is 366 g/mol. The number of fused-ring (bicyclic) bond motifs is 1. The number of carbonyl (C=O) groups excluding carboxylic acids is 2. The number of aromatic amines is 1. The molecule has 1 aromatic heterocycles. The molecule has 0 bridgehead atoms. The lowest BCUT2D eigenvalue weighted by Gasteiger charge is -2.12. The number of ketones is 1. The van der Waals surface area contributed by atoms with Crippen molar-refractivity contribution in [3.8, 4) is 5.75 Å². The fraction of sp³-hybridized carbons (Fsp3) is 0.478. The van der Waals surface area contributed by atoms with Crippen molar-refractivity contribution < 1.29 is 14.3 Å². The van der Waals surface area contributed by atoms with E-state index in [1.54, 1.807) is 6.20 Å². The lowest BCUT2D eigenvalue weighted by molar-refractivity contribution is 0.0956. The highest BCUT2D eigenvalue weighted by molar-refractivity contribution is 6.13. The van der Waals surface area contributed by atoms with Crippen molar-refractivity contribution in [2.24, 2.45) is 0 Å². The maximum absolute atomic E-state index is 12.6. The number of amides is 1. The Kier molecular flexibility index (Phi) is 7.87. The van der Waals surface area contributed by atoms with Crippen LogP contribution >= 0.6 is 0 Å². The summed E-state index contributed by atoms with van der Waals surface area (Å²) in [5.41, 5.74) is 2.53. The van der Waals surface area contributed by atoms with Crippen LogP contribution in [0.5, 0.6) is 5.75 Å². The van der Waals surface area contributed by atoms with E-state index in [0.29, 0.717) is 29.8 Å². The number of hydrogen-bond donors (Lipinski definition) is 3. The standard InChI is InChI=1S/C23H31N3O3/c1-2-3-4-13-24-14-6-15-29-18-11-9-17(10-12-18)26-23(28)19-16-25-20-7-5-8-21(27)22(19)20/h9-12,16,24-25H,2-8,13-15H2,1H3,(H,26,28). The number of ether oxygens (including phenoxy) is 1. The Bertz CT molecular complexity index is 811. The molecule has 3 rings (SSSR count). The van der Waals surface area contributed by atoms with Gasteiger partial charge in [-0.1, -0.05) is 19.8 Å². The summed E-state index contributed by atoms with van der Waals surface area (Å²) in [6.07, 6.45) is 8.49. The van der Waals surface area contributed by atoms with Gasteiger partial charge in [0.1, 0.15) is 5.75 Å². The van der Waals surface area contributed by atoms with Gasteiger partial charge >= 0.3 is 0 Å². The summed E-state index contributed by atoms with van der Waals surface area (Å²) in [7, 11) is 0. The maximum atomic E-state index is 12.6. The van der Waals surface area contributed by atoms with Crippen molar-refractivity contribution in [2.45, 2.75) is 51.9 Å². The van der Waals surface area contributed by atoms with E-state index in [4.69, 9.17) is 4.74 Å². The molecule has 0 unspecified atom stereocenters. The summed E-state index contributed by atoms with van der Waals surface area (Å²) in [6.45, 7) is 4.89. The highest BCUT2D eigenvalue weighted by Crippen LogP contribution is 2.25. The third kappa shape index (κ3) is 5.94. The molecule has 0 spiro atoms. The molecule has 1 aliphatic rings. The molecule has 0 saturated heterocycles. The van der Waals surface area contributed by atoms with Gasteiger partial charge in [-0.3, -0.25) is 9.59 Å². The molecule has 0 atom stereocenters. The SMILES string of the molecule is CCCCCNCCCOc1ccc(NC(=O)c2c[nH]c3c2C(=O)CCC3)cc1. The smallest absolute Gasteiger partial charge is 0.257 e. The van der Waals surface area contributed by atoms with Crippen LogP contribution in [-0.2, 0) is 6.42 Å². The molecule has 3 N–H and O–H groups in total. The van der Waals surface area contributed by atoms with E-state index >= 15 is 0 Å². The summed E-state index contributed by atoms with van der Waals surface area (Å²) in [6, 6.07) is 7.33. The van der Waals surface area contributed by atoms with Gasteiger partial charge in [-0.15, -0.1) is 0 Å². The molecule has 1 aromatic carbocycles. The van der Waals surface area contributed by atoms with Crippen molar-refractivity contribution in [1.82, 2.24) is 10.3 Å². The van der Waals surface area contributed by atoms with Crippen LogP contribution in [0.15, 0.2) is 30.5 Å². The predicted octanol–water partition coefficient (Wildman–Crippen LogP) is 4.33. The minimum absolute atomic E-state index is 0.0428. The quantitative estimate of drug-likeness (QED) is 0.493. The fourth-order valence-electron chi connectivity index (χ4n) is 3.56. The number of unbranched alkanes of at least 4 members (excludes halogenated alkanes) is 2. The molecule has 2 aromatic rings. The molecule has 6 nitrogen and oxygen atoms in total. The van der Waals surface area contributed by atoms with Gasteiger partial charge in [-0.25, -0.2) is 0 Å². The number of H-pyrrole nitrogens is 1. The third-order valence-electron chi connectivity index (χ3n) is 5.15. The number of benzene rings is 1. The first-order valence-corrected chi connectivity index (χ1v) is 10.7. The van der Waals surface area contributed by atoms with Crippen molar-refractivity contribution in [1.29, 1.82) is 0 Å². The van der Waals surface area contributed by atoms with Gasteiger partial charge in [0.2, 0.25) is 0 Å². The largest absolute Gasteiger partial charge is 0.494 e. The van der Waals surface area contributed by atoms with Crippen LogP contribution in [0.1, 0.15) is 71.9 Å². The summed E-state index contributed by atoms with van der Waals surface area (Å²) >= 11 is 0. The minimum atomic E-state index is -0.263. The predicted molar refractivity (Wildman–Crippen MR) is 115 cm³/mol. The average molecular weight is 398 g/mol. The van der Waals surface area contributed by atoms with Crippen LogP contribution in [-0.4, -0.2) is 36.4 Å². The molecule has 0 fully saturated rings. The second kappa shape index (κ2) is 10.8. The molecule has 156 valence electrons. The Balaban J connectivity index is 1.43. The molecule has 0 radical (unpaired) electrons. The van der Waals surface area contributed by atoms with E-state index < -0.39 is 0 Å². The van der Waals surface area contributed by atoms with Crippen LogP contribution in [0, 0.1) is 0 Å². The van der Waals surface area contributed by atoms with Gasteiger partial charge in [0, 0.05) is 24.0 Å². The Morgan fingerprint density at radius 2 is 1.90 bits per heavy atom. The van der Waals surface area contributed by atoms with E-state index in [9.17, 15) is 9.59 Å². The Labute approximate surface area is 172 Å². The first kappa shape index (κ1) is 21.1. The fourth-order valence-corrected chi connectivity index (χ4v) is 3.56. The van der Waals surface area contributed by atoms with Gasteiger partial charge in [0.25, 0.3) is 5.91 Å². The van der Waals surface area contributed by atoms with Gasteiger partial charge in [0.05, 0.1) is 17.7 Å². The summed E-state index contributed by atoms with van der Waals surface area (Å²) < 4.78 is 5.75. The average Bonchev–Trinajstić information content (AvgIpc) is 3.17. The van der Waals surface area contributed by atoms with Gasteiger partial charge in [-0.05, 0) is 63.0 Å². The van der Waals surface area contributed by atoms with Crippen LogP contribution in [0.4, 0.5) is 5.69 Å². The normalized spacial score (nSPS) is 13.2. The van der Waals surface area contributed by atoms with Crippen molar-refractivity contribution in [3.05, 3.63) is 47.3 Å². The highest BCUT2D eigenvalue weighted by Gasteiger charge is 2.25. The molecule has 1 aliphatic carbocycles. The van der Waals surface area contributed by atoms with Crippen LogP contribution in [0.25, 0.3) is 0 Å². The zero-order valence-corrected chi connectivity index (χ0v) is 17.2. The van der Waals surface area contributed by atoms with Crippen molar-refractivity contribution in [3.63, 3.8) is 0 Å². The molecule has 1 amide bonds. The number of hydrogen-bond acceptors (Lipinski definition) is 4. The van der Waals surface area contributed by atoms with E-state index in [0.717, 1.165) is 43.8 Å². The monoisotopic (exact) mass is 397 g/mol. The first-order chi connectivity index (χ1) is 14.2.